The van der Waals surface area contributed by atoms with E-state index < -0.39 is 0 Å². The summed E-state index contributed by atoms with van der Waals surface area (Å²) >= 11 is 0. The Labute approximate surface area is 133 Å². The van der Waals surface area contributed by atoms with E-state index in [1.54, 1.807) is 18.6 Å². The van der Waals surface area contributed by atoms with Gasteiger partial charge in [-0.2, -0.15) is 0 Å². The topological polar surface area (TPSA) is 58.1 Å². The number of nitrogens with zero attached hydrogens (tertiary/aromatic N) is 3. The summed E-state index contributed by atoms with van der Waals surface area (Å²) in [4.78, 5) is 22.6. The maximum atomic E-state index is 12.4. The monoisotopic (exact) mass is 304 g/mol. The number of amides is 2. The van der Waals surface area contributed by atoms with Crippen LogP contribution in [0.1, 0.15) is 46.2 Å². The first-order chi connectivity index (χ1) is 10.3. The second-order valence-corrected chi connectivity index (χ2v) is 7.86. The molecule has 2 heterocycles. The van der Waals surface area contributed by atoms with Crippen LogP contribution in [-0.4, -0.2) is 40.5 Å². The molecular weight excluding hydrogens is 276 g/mol. The van der Waals surface area contributed by atoms with Gasteiger partial charge >= 0.3 is 6.03 Å². The minimum Gasteiger partial charge on any atom is -0.338 e. The second-order valence-electron chi connectivity index (χ2n) is 7.86. The van der Waals surface area contributed by atoms with Crippen molar-refractivity contribution in [3.8, 4) is 0 Å². The Kier molecular flexibility index (Phi) is 5.04. The van der Waals surface area contributed by atoms with Gasteiger partial charge in [0.1, 0.15) is 0 Å². The summed E-state index contributed by atoms with van der Waals surface area (Å²) < 4.78 is 0. The molecule has 0 aromatic carbocycles. The third kappa shape index (κ3) is 4.97. The Morgan fingerprint density at radius 2 is 2.05 bits per heavy atom. The molecule has 122 valence electrons. The van der Waals surface area contributed by atoms with E-state index >= 15 is 0 Å². The highest BCUT2D eigenvalue weighted by Crippen LogP contribution is 2.39. The molecule has 0 aliphatic carbocycles. The van der Waals surface area contributed by atoms with E-state index in [4.69, 9.17) is 0 Å². The van der Waals surface area contributed by atoms with Crippen LogP contribution in [-0.2, 0) is 6.42 Å². The maximum absolute atomic E-state index is 12.4. The Hall–Kier alpha value is -1.65. The van der Waals surface area contributed by atoms with Crippen molar-refractivity contribution < 1.29 is 4.79 Å². The van der Waals surface area contributed by atoms with Gasteiger partial charge in [-0.3, -0.25) is 9.97 Å². The van der Waals surface area contributed by atoms with Crippen LogP contribution in [0.3, 0.4) is 0 Å². The van der Waals surface area contributed by atoms with Gasteiger partial charge in [0.05, 0.1) is 5.69 Å². The number of likely N-dealkylation sites (tertiary alicyclic amines) is 1. The summed E-state index contributed by atoms with van der Waals surface area (Å²) in [5, 5.41) is 3.01. The Morgan fingerprint density at radius 3 is 2.73 bits per heavy atom. The van der Waals surface area contributed by atoms with E-state index in [0.717, 1.165) is 31.6 Å². The molecule has 1 N–H and O–H groups in total. The number of aromatic nitrogens is 2. The van der Waals surface area contributed by atoms with E-state index in [-0.39, 0.29) is 16.9 Å². The molecule has 0 atom stereocenters. The molecule has 0 bridgehead atoms. The number of carbonyl (C=O) groups excluding carboxylic acids is 1. The Morgan fingerprint density at radius 1 is 1.27 bits per heavy atom. The highest BCUT2D eigenvalue weighted by atomic mass is 16.2. The molecule has 1 saturated heterocycles. The van der Waals surface area contributed by atoms with E-state index in [1.807, 2.05) is 4.90 Å². The molecule has 1 fully saturated rings. The fourth-order valence-corrected chi connectivity index (χ4v) is 3.51. The lowest BCUT2D eigenvalue weighted by molar-refractivity contribution is 0.170. The van der Waals surface area contributed by atoms with Gasteiger partial charge in [-0.25, -0.2) is 4.79 Å². The minimum absolute atomic E-state index is 0.0367. The lowest BCUT2D eigenvalue weighted by Crippen LogP contribution is -2.44. The van der Waals surface area contributed by atoms with Gasteiger partial charge in [0.2, 0.25) is 0 Å². The standard InChI is InChI=1S/C17H28N4O/c1-16(2)6-10-21(13-17(3,4)12-16)15(22)20-7-5-14-11-18-8-9-19-14/h8-9,11H,5-7,10,12-13H2,1-4H3,(H,20,22). The van der Waals surface area contributed by atoms with Gasteiger partial charge in [0.25, 0.3) is 0 Å². The van der Waals surface area contributed by atoms with Gasteiger partial charge in [-0.15, -0.1) is 0 Å². The number of hydrogen-bond acceptors (Lipinski definition) is 3. The van der Waals surface area contributed by atoms with E-state index in [0.29, 0.717) is 13.0 Å². The average Bonchev–Trinajstić information content (AvgIpc) is 2.54. The molecule has 0 radical (unpaired) electrons. The van der Waals surface area contributed by atoms with Gasteiger partial charge < -0.3 is 10.2 Å². The van der Waals surface area contributed by atoms with E-state index in [9.17, 15) is 4.79 Å². The molecule has 5 heteroatoms. The molecule has 2 rings (SSSR count). The zero-order valence-corrected chi connectivity index (χ0v) is 14.2. The lowest BCUT2D eigenvalue weighted by Gasteiger charge is -2.32. The van der Waals surface area contributed by atoms with Crippen LogP contribution in [0.25, 0.3) is 0 Å². The summed E-state index contributed by atoms with van der Waals surface area (Å²) in [6.45, 7) is 11.3. The maximum Gasteiger partial charge on any atom is 0.317 e. The van der Waals surface area contributed by atoms with Crippen molar-refractivity contribution in [2.75, 3.05) is 19.6 Å². The van der Waals surface area contributed by atoms with Crippen LogP contribution >= 0.6 is 0 Å². The molecule has 5 nitrogen and oxygen atoms in total. The largest absolute Gasteiger partial charge is 0.338 e. The summed E-state index contributed by atoms with van der Waals surface area (Å²) in [7, 11) is 0. The van der Waals surface area contributed by atoms with Gasteiger partial charge in [-0.1, -0.05) is 27.7 Å². The smallest absolute Gasteiger partial charge is 0.317 e. The van der Waals surface area contributed by atoms with Crippen LogP contribution in [0.15, 0.2) is 18.6 Å². The minimum atomic E-state index is 0.0367. The third-order valence-corrected chi connectivity index (χ3v) is 4.20. The normalized spacial score (nSPS) is 20.3. The zero-order chi connectivity index (χ0) is 16.2. The van der Waals surface area contributed by atoms with Crippen LogP contribution in [0.2, 0.25) is 0 Å². The van der Waals surface area contributed by atoms with Crippen molar-refractivity contribution in [1.82, 2.24) is 20.2 Å². The first-order valence-corrected chi connectivity index (χ1v) is 8.05. The SMILES string of the molecule is CC1(C)CCN(C(=O)NCCc2cnccn2)CC(C)(C)C1. The molecule has 1 aliphatic heterocycles. The van der Waals surface area contributed by atoms with E-state index in [2.05, 4.69) is 43.0 Å². The molecule has 1 aromatic heterocycles. The molecule has 1 aromatic rings. The average molecular weight is 304 g/mol. The first-order valence-electron chi connectivity index (χ1n) is 8.05. The summed E-state index contributed by atoms with van der Waals surface area (Å²) in [6, 6.07) is 0.0367. The molecule has 0 unspecified atom stereocenters. The van der Waals surface area contributed by atoms with Crippen LogP contribution in [0.5, 0.6) is 0 Å². The molecule has 0 spiro atoms. The lowest BCUT2D eigenvalue weighted by atomic mass is 9.75. The van der Waals surface area contributed by atoms with Gasteiger partial charge in [0, 0.05) is 44.6 Å². The van der Waals surface area contributed by atoms with Crippen molar-refractivity contribution >= 4 is 6.03 Å². The highest BCUT2D eigenvalue weighted by molar-refractivity contribution is 5.74. The summed E-state index contributed by atoms with van der Waals surface area (Å²) in [6.07, 6.45) is 7.98. The summed E-state index contributed by atoms with van der Waals surface area (Å²) in [5.74, 6) is 0. The number of carbonyl (C=O) groups is 1. The van der Waals surface area contributed by atoms with Crippen LogP contribution in [0.4, 0.5) is 4.79 Å². The first kappa shape index (κ1) is 16.7. The van der Waals surface area contributed by atoms with E-state index in [1.165, 1.54) is 0 Å². The van der Waals surface area contributed by atoms with Gasteiger partial charge in [-0.05, 0) is 23.7 Å². The number of hydrogen-bond donors (Lipinski definition) is 1. The van der Waals surface area contributed by atoms with Crippen molar-refractivity contribution in [3.05, 3.63) is 24.3 Å². The number of urea groups is 1. The van der Waals surface area contributed by atoms with Crippen molar-refractivity contribution in [1.29, 1.82) is 0 Å². The van der Waals surface area contributed by atoms with Crippen LogP contribution in [0, 0.1) is 10.8 Å². The fraction of sp³-hybridized carbons (Fsp3) is 0.706. The van der Waals surface area contributed by atoms with Crippen LogP contribution < -0.4 is 5.32 Å². The van der Waals surface area contributed by atoms with Crippen molar-refractivity contribution in [2.24, 2.45) is 10.8 Å². The molecule has 0 saturated carbocycles. The molecule has 1 aliphatic rings. The van der Waals surface area contributed by atoms with Gasteiger partial charge in [0.15, 0.2) is 0 Å². The summed E-state index contributed by atoms with van der Waals surface area (Å²) in [5.41, 5.74) is 1.35. The van der Waals surface area contributed by atoms with Crippen molar-refractivity contribution in [2.45, 2.75) is 47.0 Å². The predicted octanol–water partition coefficient (Wildman–Crippen LogP) is 2.88. The fourth-order valence-electron chi connectivity index (χ4n) is 3.51. The number of nitrogens with one attached hydrogen (secondary N) is 1. The Balaban J connectivity index is 1.86. The molecule has 22 heavy (non-hydrogen) atoms. The third-order valence-electron chi connectivity index (χ3n) is 4.20. The number of rotatable bonds is 3. The Bertz CT molecular complexity index is 499. The zero-order valence-electron chi connectivity index (χ0n) is 14.2. The predicted molar refractivity (Wildman–Crippen MR) is 87.5 cm³/mol. The van der Waals surface area contributed by atoms with Crippen molar-refractivity contribution in [3.63, 3.8) is 0 Å². The quantitative estimate of drug-likeness (QED) is 0.934. The molecule has 2 amide bonds. The second kappa shape index (κ2) is 6.63. The molecular formula is C17H28N4O. The highest BCUT2D eigenvalue weighted by Gasteiger charge is 2.35.